The molecule has 0 aliphatic carbocycles. The van der Waals surface area contributed by atoms with E-state index in [4.69, 9.17) is 9.47 Å². The van der Waals surface area contributed by atoms with Crippen LogP contribution in [-0.2, 0) is 17.7 Å². The summed E-state index contributed by atoms with van der Waals surface area (Å²) in [6.45, 7) is 12.1. The number of alkyl carbamates (subject to hydrolysis) is 1. The Kier molecular flexibility index (Phi) is 6.71. The zero-order valence-corrected chi connectivity index (χ0v) is 16.1. The summed E-state index contributed by atoms with van der Waals surface area (Å²) in [4.78, 5) is 11.9. The van der Waals surface area contributed by atoms with Crippen LogP contribution in [0.2, 0.25) is 0 Å². The number of amides is 1. The third kappa shape index (κ3) is 6.94. The molecule has 5 nitrogen and oxygen atoms in total. The minimum atomic E-state index is -0.475. The van der Waals surface area contributed by atoms with Crippen LogP contribution in [-0.4, -0.2) is 30.9 Å². The fourth-order valence-corrected chi connectivity index (χ4v) is 2.94. The highest BCUT2D eigenvalue weighted by Gasteiger charge is 2.18. The first-order valence-corrected chi connectivity index (χ1v) is 9.18. The van der Waals surface area contributed by atoms with E-state index in [1.54, 1.807) is 0 Å². The molecule has 1 heterocycles. The van der Waals surface area contributed by atoms with Gasteiger partial charge in [-0.15, -0.1) is 0 Å². The molecule has 5 heteroatoms. The minimum absolute atomic E-state index is 0.206. The van der Waals surface area contributed by atoms with Gasteiger partial charge in [-0.3, -0.25) is 0 Å². The summed E-state index contributed by atoms with van der Waals surface area (Å²) in [6, 6.07) is 6.57. The van der Waals surface area contributed by atoms with Crippen LogP contribution in [0.4, 0.5) is 4.79 Å². The second kappa shape index (κ2) is 8.56. The maximum absolute atomic E-state index is 11.9. The molecule has 1 amide bonds. The van der Waals surface area contributed by atoms with E-state index in [1.807, 2.05) is 20.8 Å². The Morgan fingerprint density at radius 1 is 1.32 bits per heavy atom. The highest BCUT2D eigenvalue weighted by molar-refractivity contribution is 5.67. The zero-order valence-electron chi connectivity index (χ0n) is 16.1. The van der Waals surface area contributed by atoms with Crippen molar-refractivity contribution in [3.63, 3.8) is 0 Å². The van der Waals surface area contributed by atoms with E-state index in [2.05, 4.69) is 42.7 Å². The Balaban J connectivity index is 1.86. The third-order valence-electron chi connectivity index (χ3n) is 4.00. The van der Waals surface area contributed by atoms with Crippen LogP contribution in [0.3, 0.4) is 0 Å². The monoisotopic (exact) mass is 348 g/mol. The van der Waals surface area contributed by atoms with Gasteiger partial charge in [-0.05, 0) is 50.3 Å². The van der Waals surface area contributed by atoms with Gasteiger partial charge in [-0.1, -0.05) is 26.0 Å². The van der Waals surface area contributed by atoms with Gasteiger partial charge >= 0.3 is 6.09 Å². The first-order valence-electron chi connectivity index (χ1n) is 9.18. The third-order valence-corrected chi connectivity index (χ3v) is 4.00. The molecule has 0 spiro atoms. The highest BCUT2D eigenvalue weighted by atomic mass is 16.6. The SMILES string of the molecule is CC(C)CC(CNC(=O)OC(C)(C)C)NCc1ccc2c(c1)CCO2. The van der Waals surface area contributed by atoms with Gasteiger partial charge < -0.3 is 20.1 Å². The number of hydrogen-bond acceptors (Lipinski definition) is 4. The Bertz CT molecular complexity index is 579. The van der Waals surface area contributed by atoms with Crippen molar-refractivity contribution in [3.8, 4) is 5.75 Å². The van der Waals surface area contributed by atoms with Gasteiger partial charge in [0.25, 0.3) is 0 Å². The number of rotatable bonds is 7. The molecular formula is C20H32N2O3. The molecule has 1 aromatic rings. The molecule has 0 saturated carbocycles. The van der Waals surface area contributed by atoms with Crippen LogP contribution in [0.1, 0.15) is 52.2 Å². The van der Waals surface area contributed by atoms with Crippen molar-refractivity contribution < 1.29 is 14.3 Å². The van der Waals surface area contributed by atoms with Crippen molar-refractivity contribution in [3.05, 3.63) is 29.3 Å². The molecular weight excluding hydrogens is 316 g/mol. The van der Waals surface area contributed by atoms with Gasteiger partial charge in [0.1, 0.15) is 11.4 Å². The average Bonchev–Trinajstić information content (AvgIpc) is 2.95. The second-order valence-electron chi connectivity index (χ2n) is 8.13. The lowest BCUT2D eigenvalue weighted by molar-refractivity contribution is 0.0521. The number of fused-ring (bicyclic) bond motifs is 1. The number of hydrogen-bond donors (Lipinski definition) is 2. The largest absolute Gasteiger partial charge is 0.493 e. The number of carbonyl (C=O) groups is 1. The Morgan fingerprint density at radius 2 is 2.08 bits per heavy atom. The standard InChI is InChI=1S/C20H32N2O3/c1-14(2)10-17(13-22-19(23)25-20(3,4)5)21-12-15-6-7-18-16(11-15)8-9-24-18/h6-7,11,14,17,21H,8-10,12-13H2,1-5H3,(H,22,23). The van der Waals surface area contributed by atoms with Crippen LogP contribution in [0.5, 0.6) is 5.75 Å². The molecule has 25 heavy (non-hydrogen) atoms. The van der Waals surface area contributed by atoms with Crippen molar-refractivity contribution in [2.24, 2.45) is 5.92 Å². The van der Waals surface area contributed by atoms with E-state index >= 15 is 0 Å². The van der Waals surface area contributed by atoms with Crippen LogP contribution >= 0.6 is 0 Å². The normalized spacial score (nSPS) is 14.8. The number of ether oxygens (including phenoxy) is 2. The molecule has 140 valence electrons. The summed E-state index contributed by atoms with van der Waals surface area (Å²) in [5.74, 6) is 1.56. The summed E-state index contributed by atoms with van der Waals surface area (Å²) < 4.78 is 10.9. The van der Waals surface area contributed by atoms with Crippen molar-refractivity contribution >= 4 is 6.09 Å². The molecule has 2 N–H and O–H groups in total. The van der Waals surface area contributed by atoms with Crippen molar-refractivity contribution in [2.75, 3.05) is 13.2 Å². The Labute approximate surface area is 151 Å². The number of nitrogens with one attached hydrogen (secondary N) is 2. The Morgan fingerprint density at radius 3 is 2.76 bits per heavy atom. The first-order chi connectivity index (χ1) is 11.7. The lowest BCUT2D eigenvalue weighted by Gasteiger charge is -2.24. The molecule has 1 aliphatic heterocycles. The van der Waals surface area contributed by atoms with Gasteiger partial charge in [0, 0.05) is 25.6 Å². The van der Waals surface area contributed by atoms with Gasteiger partial charge in [-0.2, -0.15) is 0 Å². The average molecular weight is 348 g/mol. The van der Waals surface area contributed by atoms with Gasteiger partial charge in [0.05, 0.1) is 6.61 Å². The fraction of sp³-hybridized carbons (Fsp3) is 0.650. The van der Waals surface area contributed by atoms with E-state index < -0.39 is 5.60 Å². The van der Waals surface area contributed by atoms with E-state index in [9.17, 15) is 4.79 Å². The molecule has 0 fully saturated rings. The molecule has 1 unspecified atom stereocenters. The summed E-state index contributed by atoms with van der Waals surface area (Å²) in [5.41, 5.74) is 2.05. The molecule has 0 aromatic heterocycles. The summed E-state index contributed by atoms with van der Waals surface area (Å²) in [7, 11) is 0. The molecule has 1 aliphatic rings. The first kappa shape index (κ1) is 19.6. The molecule has 0 saturated heterocycles. The van der Waals surface area contributed by atoms with Crippen molar-refractivity contribution in [2.45, 2.75) is 65.6 Å². The van der Waals surface area contributed by atoms with E-state index in [1.165, 1.54) is 11.1 Å². The van der Waals surface area contributed by atoms with Gasteiger partial charge in [-0.25, -0.2) is 4.79 Å². The van der Waals surface area contributed by atoms with Gasteiger partial charge in [0.15, 0.2) is 0 Å². The quantitative estimate of drug-likeness (QED) is 0.790. The highest BCUT2D eigenvalue weighted by Crippen LogP contribution is 2.25. The number of benzene rings is 1. The fourth-order valence-electron chi connectivity index (χ4n) is 2.94. The van der Waals surface area contributed by atoms with Crippen molar-refractivity contribution in [1.82, 2.24) is 10.6 Å². The van der Waals surface area contributed by atoms with E-state index in [0.29, 0.717) is 12.5 Å². The van der Waals surface area contributed by atoms with Crippen molar-refractivity contribution in [1.29, 1.82) is 0 Å². The molecule has 1 aromatic carbocycles. The minimum Gasteiger partial charge on any atom is -0.493 e. The van der Waals surface area contributed by atoms with E-state index in [0.717, 1.165) is 31.7 Å². The molecule has 2 rings (SSSR count). The van der Waals surface area contributed by atoms with Crippen LogP contribution in [0.25, 0.3) is 0 Å². The molecule has 0 radical (unpaired) electrons. The molecule has 0 bridgehead atoms. The predicted molar refractivity (Wildman–Crippen MR) is 100.0 cm³/mol. The van der Waals surface area contributed by atoms with Crippen LogP contribution < -0.4 is 15.4 Å². The summed E-state index contributed by atoms with van der Waals surface area (Å²) in [5, 5.41) is 6.44. The lowest BCUT2D eigenvalue weighted by atomic mass is 10.0. The maximum Gasteiger partial charge on any atom is 0.407 e. The topological polar surface area (TPSA) is 59.6 Å². The zero-order chi connectivity index (χ0) is 18.4. The van der Waals surface area contributed by atoms with Crippen LogP contribution in [0, 0.1) is 5.92 Å². The van der Waals surface area contributed by atoms with E-state index in [-0.39, 0.29) is 12.1 Å². The maximum atomic E-state index is 11.9. The summed E-state index contributed by atoms with van der Waals surface area (Å²) in [6.07, 6.45) is 1.61. The second-order valence-corrected chi connectivity index (χ2v) is 8.13. The predicted octanol–water partition coefficient (Wildman–Crippen LogP) is 3.65. The molecule has 1 atom stereocenters. The van der Waals surface area contributed by atoms with Gasteiger partial charge in [0.2, 0.25) is 0 Å². The summed E-state index contributed by atoms with van der Waals surface area (Å²) >= 11 is 0. The van der Waals surface area contributed by atoms with Crippen LogP contribution in [0.15, 0.2) is 18.2 Å². The smallest absolute Gasteiger partial charge is 0.407 e. The Hall–Kier alpha value is -1.75. The lowest BCUT2D eigenvalue weighted by Crippen LogP contribution is -2.43. The number of carbonyl (C=O) groups excluding carboxylic acids is 1.